The van der Waals surface area contributed by atoms with Gasteiger partial charge in [-0.3, -0.25) is 19.5 Å². The number of benzene rings is 1. The van der Waals surface area contributed by atoms with Crippen molar-refractivity contribution in [1.82, 2.24) is 20.1 Å². The average molecular weight is 439 g/mol. The number of aryl methyl sites for hydroxylation is 1. The second kappa shape index (κ2) is 10.1. The minimum atomic E-state index is -0.263. The second-order valence-electron chi connectivity index (χ2n) is 8.33. The lowest BCUT2D eigenvalue weighted by molar-refractivity contribution is -0.141. The molecule has 1 N–H and O–H groups in total. The molecule has 0 bridgehead atoms. The number of carbonyl (C=O) groups excluding carboxylic acids is 2. The van der Waals surface area contributed by atoms with Gasteiger partial charge < -0.3 is 19.7 Å². The maximum absolute atomic E-state index is 12.9. The number of amides is 2. The highest BCUT2D eigenvalue weighted by atomic mass is 16.5. The van der Waals surface area contributed by atoms with Crippen molar-refractivity contribution in [2.75, 3.05) is 53.0 Å². The predicted molar refractivity (Wildman–Crippen MR) is 119 cm³/mol. The highest BCUT2D eigenvalue weighted by Crippen LogP contribution is 2.24. The van der Waals surface area contributed by atoms with Crippen molar-refractivity contribution in [3.8, 4) is 5.75 Å². The zero-order chi connectivity index (χ0) is 22.5. The third-order valence-electron chi connectivity index (χ3n) is 5.80. The number of methoxy groups -OCH3 is 1. The molecule has 0 spiro atoms. The van der Waals surface area contributed by atoms with Gasteiger partial charge in [0.1, 0.15) is 11.9 Å². The molecule has 1 aromatic carbocycles. The molecule has 1 unspecified atom stereocenters. The van der Waals surface area contributed by atoms with Crippen LogP contribution in [0.4, 0.5) is 0 Å². The number of aromatic nitrogens is 1. The van der Waals surface area contributed by atoms with Crippen molar-refractivity contribution >= 4 is 11.8 Å². The van der Waals surface area contributed by atoms with Gasteiger partial charge >= 0.3 is 0 Å². The first-order valence-electron chi connectivity index (χ1n) is 11.0. The number of pyridine rings is 1. The third kappa shape index (κ3) is 5.63. The van der Waals surface area contributed by atoms with Gasteiger partial charge in [-0.25, -0.2) is 0 Å². The van der Waals surface area contributed by atoms with Gasteiger partial charge in [0.05, 0.1) is 39.0 Å². The number of ether oxygens (including phenoxy) is 2. The molecule has 2 aliphatic heterocycles. The minimum Gasteiger partial charge on any atom is -0.497 e. The number of morpholine rings is 1. The molecular weight excluding hydrogens is 408 g/mol. The van der Waals surface area contributed by atoms with Crippen LogP contribution in [-0.4, -0.2) is 79.6 Å². The fourth-order valence-electron chi connectivity index (χ4n) is 4.23. The van der Waals surface area contributed by atoms with Crippen molar-refractivity contribution < 1.29 is 19.1 Å². The summed E-state index contributed by atoms with van der Waals surface area (Å²) in [7, 11) is 1.67. The van der Waals surface area contributed by atoms with Crippen molar-refractivity contribution in [1.29, 1.82) is 0 Å². The topological polar surface area (TPSA) is 84.0 Å². The molecule has 3 heterocycles. The number of hydrogen-bond acceptors (Lipinski definition) is 6. The van der Waals surface area contributed by atoms with E-state index >= 15 is 0 Å². The van der Waals surface area contributed by atoms with Gasteiger partial charge in [0.15, 0.2) is 0 Å². The van der Waals surface area contributed by atoms with Gasteiger partial charge in [0, 0.05) is 25.3 Å². The third-order valence-corrected chi connectivity index (χ3v) is 5.80. The first-order valence-corrected chi connectivity index (χ1v) is 11.0. The number of piperazine rings is 1. The summed E-state index contributed by atoms with van der Waals surface area (Å²) < 4.78 is 11.3. The highest BCUT2D eigenvalue weighted by Gasteiger charge is 2.28. The van der Waals surface area contributed by atoms with Crippen molar-refractivity contribution in [2.45, 2.75) is 19.4 Å². The molecule has 4 rings (SSSR count). The van der Waals surface area contributed by atoms with Gasteiger partial charge in [0.2, 0.25) is 11.8 Å². The fourth-order valence-corrected chi connectivity index (χ4v) is 4.23. The number of nitrogens with one attached hydrogen (secondary N) is 1. The van der Waals surface area contributed by atoms with E-state index in [0.29, 0.717) is 32.8 Å². The van der Waals surface area contributed by atoms with Crippen molar-refractivity contribution in [3.63, 3.8) is 0 Å². The van der Waals surface area contributed by atoms with Crippen LogP contribution in [0, 0.1) is 6.92 Å². The lowest BCUT2D eigenvalue weighted by Gasteiger charge is -2.35. The standard InChI is InChI=1S/C24H30N4O4/c1-17-10-19(11-18-4-3-5-20(12-18)31-2)13-21(26-17)22-14-28(8-9-32-22)24(30)16-27-7-6-25-23(29)15-27/h3-5,10,12-13,22H,6-9,11,14-16H2,1-2H3,(H,25,29). The maximum Gasteiger partial charge on any atom is 0.236 e. The quantitative estimate of drug-likeness (QED) is 0.733. The van der Waals surface area contributed by atoms with E-state index in [-0.39, 0.29) is 31.0 Å². The molecule has 2 saturated heterocycles. The maximum atomic E-state index is 12.9. The Hall–Kier alpha value is -2.97. The highest BCUT2D eigenvalue weighted by molar-refractivity contribution is 5.82. The Bertz CT molecular complexity index is 980. The van der Waals surface area contributed by atoms with Crippen LogP contribution in [0.1, 0.15) is 28.6 Å². The van der Waals surface area contributed by atoms with E-state index in [0.717, 1.165) is 34.7 Å². The summed E-state index contributed by atoms with van der Waals surface area (Å²) >= 11 is 0. The summed E-state index contributed by atoms with van der Waals surface area (Å²) in [5.74, 6) is 0.832. The Labute approximate surface area is 188 Å². The van der Waals surface area contributed by atoms with Crippen LogP contribution in [0.2, 0.25) is 0 Å². The van der Waals surface area contributed by atoms with E-state index in [1.165, 1.54) is 0 Å². The number of nitrogens with zero attached hydrogens (tertiary/aromatic N) is 3. The molecule has 32 heavy (non-hydrogen) atoms. The lowest BCUT2D eigenvalue weighted by Crippen LogP contribution is -2.52. The minimum absolute atomic E-state index is 0.0252. The van der Waals surface area contributed by atoms with Crippen LogP contribution in [0.15, 0.2) is 36.4 Å². The monoisotopic (exact) mass is 438 g/mol. The van der Waals surface area contributed by atoms with Crippen LogP contribution >= 0.6 is 0 Å². The molecular formula is C24H30N4O4. The molecule has 2 aliphatic rings. The van der Waals surface area contributed by atoms with Crippen molar-refractivity contribution in [2.24, 2.45) is 0 Å². The van der Waals surface area contributed by atoms with Crippen LogP contribution in [-0.2, 0) is 20.7 Å². The Morgan fingerprint density at radius 2 is 2.12 bits per heavy atom. The molecule has 8 nitrogen and oxygen atoms in total. The fraction of sp³-hybridized carbons (Fsp3) is 0.458. The lowest BCUT2D eigenvalue weighted by atomic mass is 10.0. The van der Waals surface area contributed by atoms with Crippen LogP contribution in [0.5, 0.6) is 5.75 Å². The molecule has 8 heteroatoms. The van der Waals surface area contributed by atoms with E-state index in [2.05, 4.69) is 23.5 Å². The van der Waals surface area contributed by atoms with E-state index in [1.807, 2.05) is 34.9 Å². The summed E-state index contributed by atoms with van der Waals surface area (Å²) in [5.41, 5.74) is 4.07. The number of hydrogen-bond donors (Lipinski definition) is 1. The first-order chi connectivity index (χ1) is 15.5. The molecule has 0 saturated carbocycles. The molecule has 2 aromatic rings. The molecule has 170 valence electrons. The predicted octanol–water partition coefficient (Wildman–Crippen LogP) is 1.32. The molecule has 1 atom stereocenters. The molecule has 1 aromatic heterocycles. The molecule has 2 fully saturated rings. The van der Waals surface area contributed by atoms with Crippen LogP contribution < -0.4 is 10.1 Å². The largest absolute Gasteiger partial charge is 0.497 e. The Morgan fingerprint density at radius 1 is 1.25 bits per heavy atom. The van der Waals surface area contributed by atoms with E-state index in [4.69, 9.17) is 14.5 Å². The van der Waals surface area contributed by atoms with E-state index < -0.39 is 0 Å². The summed E-state index contributed by atoms with van der Waals surface area (Å²) in [6.45, 7) is 5.27. The van der Waals surface area contributed by atoms with Gasteiger partial charge in [-0.05, 0) is 48.7 Å². The van der Waals surface area contributed by atoms with Gasteiger partial charge in [-0.2, -0.15) is 0 Å². The zero-order valence-electron chi connectivity index (χ0n) is 18.7. The van der Waals surface area contributed by atoms with E-state index in [9.17, 15) is 9.59 Å². The zero-order valence-corrected chi connectivity index (χ0v) is 18.7. The molecule has 0 aliphatic carbocycles. The normalized spacial score (nSPS) is 19.5. The van der Waals surface area contributed by atoms with Crippen LogP contribution in [0.3, 0.4) is 0 Å². The summed E-state index contributed by atoms with van der Waals surface area (Å²) in [4.78, 5) is 32.9. The average Bonchev–Trinajstić information content (AvgIpc) is 2.79. The van der Waals surface area contributed by atoms with E-state index in [1.54, 1.807) is 7.11 Å². The number of rotatable bonds is 6. The van der Waals surface area contributed by atoms with Gasteiger partial charge in [-0.1, -0.05) is 12.1 Å². The smallest absolute Gasteiger partial charge is 0.236 e. The number of carbonyl (C=O) groups is 2. The van der Waals surface area contributed by atoms with Gasteiger partial charge in [0.25, 0.3) is 0 Å². The SMILES string of the molecule is COc1cccc(Cc2cc(C)nc(C3CN(C(=O)CN4CCNC(=O)C4)CCO3)c2)c1. The van der Waals surface area contributed by atoms with Crippen molar-refractivity contribution in [3.05, 3.63) is 58.9 Å². The molecule has 0 radical (unpaired) electrons. The molecule has 2 amide bonds. The van der Waals surface area contributed by atoms with Crippen LogP contribution in [0.25, 0.3) is 0 Å². The Kier molecular flexibility index (Phi) is 7.02. The second-order valence-corrected chi connectivity index (χ2v) is 8.33. The summed E-state index contributed by atoms with van der Waals surface area (Å²) in [5, 5.41) is 2.79. The summed E-state index contributed by atoms with van der Waals surface area (Å²) in [6.07, 6.45) is 0.501. The Balaban J connectivity index is 1.43. The first kappa shape index (κ1) is 22.2. The van der Waals surface area contributed by atoms with Gasteiger partial charge in [-0.15, -0.1) is 0 Å². The summed E-state index contributed by atoms with van der Waals surface area (Å²) in [6, 6.07) is 12.2. The Morgan fingerprint density at radius 3 is 2.94 bits per heavy atom.